The SMILES string of the molecule is CCOC(=O)/C(=N\N(C)c1ccc([N+](=O)[O-])cc1)c1ccccc1. The predicted molar refractivity (Wildman–Crippen MR) is 91.1 cm³/mol. The Hall–Kier alpha value is -3.22. The molecule has 2 aromatic carbocycles. The highest BCUT2D eigenvalue weighted by molar-refractivity contribution is 6.43. The number of nitrogens with zero attached hydrogens (tertiary/aromatic N) is 3. The molecule has 0 heterocycles. The number of nitro benzene ring substituents is 1. The van der Waals surface area contributed by atoms with Crippen LogP contribution in [-0.2, 0) is 9.53 Å². The van der Waals surface area contributed by atoms with Crippen LogP contribution in [0.15, 0.2) is 59.7 Å². The second-order valence-electron chi connectivity index (χ2n) is 4.83. The van der Waals surface area contributed by atoms with Crippen molar-refractivity contribution in [2.45, 2.75) is 6.92 Å². The number of non-ortho nitro benzene ring substituents is 1. The summed E-state index contributed by atoms with van der Waals surface area (Å²) >= 11 is 0. The van der Waals surface area contributed by atoms with E-state index in [4.69, 9.17) is 4.74 Å². The average molecular weight is 327 g/mol. The third kappa shape index (κ3) is 4.16. The molecular weight excluding hydrogens is 310 g/mol. The van der Waals surface area contributed by atoms with Crippen molar-refractivity contribution in [2.24, 2.45) is 5.10 Å². The molecule has 0 fully saturated rings. The molecule has 124 valence electrons. The Morgan fingerprint density at radius 2 is 1.79 bits per heavy atom. The maximum atomic E-state index is 12.2. The summed E-state index contributed by atoms with van der Waals surface area (Å²) < 4.78 is 5.06. The van der Waals surface area contributed by atoms with Gasteiger partial charge in [0.15, 0.2) is 5.71 Å². The van der Waals surface area contributed by atoms with E-state index in [1.165, 1.54) is 17.1 Å². The maximum Gasteiger partial charge on any atom is 0.359 e. The summed E-state index contributed by atoms with van der Waals surface area (Å²) in [6, 6.07) is 14.9. The van der Waals surface area contributed by atoms with Gasteiger partial charge in [-0.2, -0.15) is 5.10 Å². The van der Waals surface area contributed by atoms with Crippen molar-refractivity contribution in [1.29, 1.82) is 0 Å². The molecule has 7 heteroatoms. The first-order chi connectivity index (χ1) is 11.5. The zero-order valence-electron chi connectivity index (χ0n) is 13.4. The molecule has 0 aliphatic rings. The van der Waals surface area contributed by atoms with Crippen molar-refractivity contribution in [2.75, 3.05) is 18.7 Å². The predicted octanol–water partition coefficient (Wildman–Crippen LogP) is 3.00. The number of hydrazone groups is 1. The zero-order chi connectivity index (χ0) is 17.5. The fourth-order valence-electron chi connectivity index (χ4n) is 2.01. The van der Waals surface area contributed by atoms with Gasteiger partial charge in [0.2, 0.25) is 0 Å². The molecule has 0 saturated heterocycles. The molecule has 0 atom stereocenters. The minimum atomic E-state index is -0.530. The lowest BCUT2D eigenvalue weighted by Crippen LogP contribution is -2.23. The molecule has 0 aliphatic heterocycles. The van der Waals surface area contributed by atoms with E-state index < -0.39 is 10.9 Å². The Morgan fingerprint density at radius 1 is 1.17 bits per heavy atom. The number of esters is 1. The van der Waals surface area contributed by atoms with Crippen LogP contribution in [0, 0.1) is 10.1 Å². The van der Waals surface area contributed by atoms with Crippen LogP contribution in [0.4, 0.5) is 11.4 Å². The summed E-state index contributed by atoms with van der Waals surface area (Å²) in [7, 11) is 1.66. The summed E-state index contributed by atoms with van der Waals surface area (Å²) in [5.41, 5.74) is 1.39. The van der Waals surface area contributed by atoms with E-state index in [0.29, 0.717) is 11.3 Å². The van der Waals surface area contributed by atoms with Gasteiger partial charge in [-0.25, -0.2) is 4.79 Å². The van der Waals surface area contributed by atoms with Crippen molar-refractivity contribution in [3.63, 3.8) is 0 Å². The van der Waals surface area contributed by atoms with Crippen molar-refractivity contribution in [3.8, 4) is 0 Å². The number of ether oxygens (including phenoxy) is 1. The maximum absolute atomic E-state index is 12.2. The number of nitro groups is 1. The molecule has 0 N–H and O–H groups in total. The average Bonchev–Trinajstić information content (AvgIpc) is 2.60. The Labute approximate surface area is 139 Å². The molecule has 0 aromatic heterocycles. The van der Waals surface area contributed by atoms with Gasteiger partial charge in [0.25, 0.3) is 5.69 Å². The van der Waals surface area contributed by atoms with Crippen LogP contribution in [0.2, 0.25) is 0 Å². The Morgan fingerprint density at radius 3 is 2.33 bits per heavy atom. The largest absolute Gasteiger partial charge is 0.461 e. The van der Waals surface area contributed by atoms with E-state index >= 15 is 0 Å². The third-order valence-corrected chi connectivity index (χ3v) is 3.20. The van der Waals surface area contributed by atoms with E-state index in [9.17, 15) is 14.9 Å². The van der Waals surface area contributed by atoms with Gasteiger partial charge in [0, 0.05) is 24.7 Å². The summed E-state index contributed by atoms with van der Waals surface area (Å²) in [6.07, 6.45) is 0. The van der Waals surface area contributed by atoms with Gasteiger partial charge in [-0.05, 0) is 19.1 Å². The Kier molecular flexibility index (Phi) is 5.62. The van der Waals surface area contributed by atoms with Crippen molar-refractivity contribution in [3.05, 3.63) is 70.3 Å². The number of rotatable bonds is 6. The van der Waals surface area contributed by atoms with Gasteiger partial charge in [-0.15, -0.1) is 0 Å². The lowest BCUT2D eigenvalue weighted by molar-refractivity contribution is -0.384. The van der Waals surface area contributed by atoms with Gasteiger partial charge in [0.1, 0.15) is 0 Å². The molecule has 0 aliphatic carbocycles. The van der Waals surface area contributed by atoms with Crippen molar-refractivity contribution >= 4 is 23.1 Å². The first-order valence-electron chi connectivity index (χ1n) is 7.32. The second-order valence-corrected chi connectivity index (χ2v) is 4.83. The lowest BCUT2D eigenvalue weighted by Gasteiger charge is -2.15. The third-order valence-electron chi connectivity index (χ3n) is 3.20. The smallest absolute Gasteiger partial charge is 0.359 e. The summed E-state index contributed by atoms with van der Waals surface area (Å²) in [6.45, 7) is 1.96. The molecule has 0 amide bonds. The fourth-order valence-corrected chi connectivity index (χ4v) is 2.01. The van der Waals surface area contributed by atoms with Crippen LogP contribution in [0.5, 0.6) is 0 Å². The van der Waals surface area contributed by atoms with Crippen LogP contribution in [-0.4, -0.2) is 30.3 Å². The summed E-state index contributed by atoms with van der Waals surface area (Å²) in [5.74, 6) is -0.530. The molecule has 2 aromatic rings. The van der Waals surface area contributed by atoms with Gasteiger partial charge < -0.3 is 4.74 Å². The molecular formula is C17H17N3O4. The van der Waals surface area contributed by atoms with Crippen LogP contribution in [0.25, 0.3) is 0 Å². The molecule has 24 heavy (non-hydrogen) atoms. The highest BCUT2D eigenvalue weighted by Crippen LogP contribution is 2.19. The summed E-state index contributed by atoms with van der Waals surface area (Å²) in [4.78, 5) is 22.4. The first kappa shape index (κ1) is 17.1. The van der Waals surface area contributed by atoms with Crippen molar-refractivity contribution < 1.29 is 14.5 Å². The zero-order valence-corrected chi connectivity index (χ0v) is 13.4. The van der Waals surface area contributed by atoms with Crippen LogP contribution in [0.1, 0.15) is 12.5 Å². The quantitative estimate of drug-likeness (QED) is 0.352. The Bertz CT molecular complexity index is 742. The molecule has 2 rings (SSSR count). The van der Waals surface area contributed by atoms with E-state index in [0.717, 1.165) is 0 Å². The molecule has 7 nitrogen and oxygen atoms in total. The topological polar surface area (TPSA) is 85.0 Å². The standard InChI is InChI=1S/C17H17N3O4/c1-3-24-17(21)16(13-7-5-4-6-8-13)18-19(2)14-9-11-15(12-10-14)20(22)23/h4-12H,3H2,1-2H3/b18-16-. The molecule has 0 radical (unpaired) electrons. The highest BCUT2D eigenvalue weighted by Gasteiger charge is 2.17. The molecule has 0 spiro atoms. The van der Waals surface area contributed by atoms with E-state index in [1.807, 2.05) is 6.07 Å². The monoisotopic (exact) mass is 327 g/mol. The van der Waals surface area contributed by atoms with E-state index in [2.05, 4.69) is 5.10 Å². The molecule has 0 unspecified atom stereocenters. The number of benzene rings is 2. The van der Waals surface area contributed by atoms with Crippen LogP contribution >= 0.6 is 0 Å². The van der Waals surface area contributed by atoms with Gasteiger partial charge in [0.05, 0.1) is 17.2 Å². The fraction of sp³-hybridized carbons (Fsp3) is 0.176. The lowest BCUT2D eigenvalue weighted by atomic mass is 10.1. The number of carbonyl (C=O) groups excluding carboxylic acids is 1. The van der Waals surface area contributed by atoms with Crippen LogP contribution < -0.4 is 5.01 Å². The minimum absolute atomic E-state index is 0.00944. The molecule has 0 bridgehead atoms. The number of hydrogen-bond donors (Lipinski definition) is 0. The van der Waals surface area contributed by atoms with Crippen LogP contribution in [0.3, 0.4) is 0 Å². The Balaban J connectivity index is 2.34. The van der Waals surface area contributed by atoms with Gasteiger partial charge >= 0.3 is 5.97 Å². The number of carbonyl (C=O) groups is 1. The summed E-state index contributed by atoms with van der Waals surface area (Å²) in [5, 5.41) is 16.5. The number of anilines is 1. The van der Waals surface area contributed by atoms with Crippen molar-refractivity contribution in [1.82, 2.24) is 0 Å². The van der Waals surface area contributed by atoms with Gasteiger partial charge in [-0.1, -0.05) is 30.3 Å². The first-order valence-corrected chi connectivity index (χ1v) is 7.32. The normalized spacial score (nSPS) is 11.0. The second kappa shape index (κ2) is 7.87. The van der Waals surface area contributed by atoms with E-state index in [-0.39, 0.29) is 18.0 Å². The molecule has 0 saturated carbocycles. The van der Waals surface area contributed by atoms with Gasteiger partial charge in [-0.3, -0.25) is 15.1 Å². The highest BCUT2D eigenvalue weighted by atomic mass is 16.6. The number of hydrogen-bond acceptors (Lipinski definition) is 6. The minimum Gasteiger partial charge on any atom is -0.461 e. The van der Waals surface area contributed by atoms with E-state index in [1.54, 1.807) is 50.4 Å².